The zero-order valence-electron chi connectivity index (χ0n) is 23.4. The molecule has 40 heavy (non-hydrogen) atoms. The largest absolute Gasteiger partial charge is 0.465 e. The van der Waals surface area contributed by atoms with Gasteiger partial charge in [-0.25, -0.2) is 18.1 Å². The van der Waals surface area contributed by atoms with Crippen molar-refractivity contribution in [2.45, 2.75) is 69.4 Å². The Hall–Kier alpha value is -3.92. The number of esters is 1. The van der Waals surface area contributed by atoms with E-state index in [1.165, 1.54) is 12.1 Å². The van der Waals surface area contributed by atoms with Crippen LogP contribution in [0.4, 0.5) is 4.79 Å². The van der Waals surface area contributed by atoms with Gasteiger partial charge in [-0.15, -0.1) is 0 Å². The first kappa shape index (κ1) is 29.1. The normalized spacial score (nSPS) is 13.6. The van der Waals surface area contributed by atoms with E-state index in [4.69, 9.17) is 9.47 Å². The number of nitrogens with zero attached hydrogens (tertiary/aromatic N) is 2. The molecule has 0 aliphatic carbocycles. The number of carbonyl (C=O) groups is 3. The Kier molecular flexibility index (Phi) is 8.20. The quantitative estimate of drug-likeness (QED) is 0.381. The van der Waals surface area contributed by atoms with Crippen LogP contribution in [0.5, 0.6) is 0 Å². The van der Waals surface area contributed by atoms with Crippen LogP contribution in [0.3, 0.4) is 0 Å². The highest BCUT2D eigenvalue weighted by Gasteiger charge is 2.38. The summed E-state index contributed by atoms with van der Waals surface area (Å²) >= 11 is 0. The van der Waals surface area contributed by atoms with Gasteiger partial charge in [0.05, 0.1) is 22.0 Å². The number of sulfone groups is 1. The van der Waals surface area contributed by atoms with Crippen LogP contribution in [0, 0.1) is 6.92 Å². The van der Waals surface area contributed by atoms with Crippen LogP contribution >= 0.6 is 0 Å². The lowest BCUT2D eigenvalue weighted by Gasteiger charge is -2.29. The lowest BCUT2D eigenvalue weighted by molar-refractivity contribution is -0.143. The molecule has 9 nitrogen and oxygen atoms in total. The molecule has 4 rings (SSSR count). The first-order chi connectivity index (χ1) is 18.8. The van der Waals surface area contributed by atoms with Crippen molar-refractivity contribution in [2.75, 3.05) is 13.2 Å². The molecule has 0 saturated heterocycles. The molecule has 0 fully saturated rings. The zero-order valence-corrected chi connectivity index (χ0v) is 24.2. The standard InChI is InChI=1S/C30H34N2O7S/c1-6-38-26(33)19-32-20(2)23(27-24(32)16-17-31(28(27)34)29(35)39-30(3,4)5)18-21-12-10-11-15-25(21)40(36,37)22-13-8-7-9-14-22/h7-15H,6,16-19H2,1-5H3. The third-order valence-electron chi connectivity index (χ3n) is 6.68. The highest BCUT2D eigenvalue weighted by molar-refractivity contribution is 7.91. The third kappa shape index (κ3) is 5.82. The highest BCUT2D eigenvalue weighted by Crippen LogP contribution is 2.33. The van der Waals surface area contributed by atoms with Crippen LogP contribution in [0.25, 0.3) is 0 Å². The van der Waals surface area contributed by atoms with Crippen molar-refractivity contribution in [2.24, 2.45) is 0 Å². The van der Waals surface area contributed by atoms with Gasteiger partial charge >= 0.3 is 12.1 Å². The molecule has 0 saturated carbocycles. The summed E-state index contributed by atoms with van der Waals surface area (Å²) in [7, 11) is -3.85. The number of carbonyl (C=O) groups excluding carboxylic acids is 3. The molecule has 3 aromatic rings. The Morgan fingerprint density at radius 1 is 1.00 bits per heavy atom. The van der Waals surface area contributed by atoms with Crippen LogP contribution in [0.1, 0.15) is 60.6 Å². The van der Waals surface area contributed by atoms with Gasteiger partial charge < -0.3 is 14.0 Å². The van der Waals surface area contributed by atoms with Gasteiger partial charge in [0, 0.05) is 30.8 Å². The Labute approximate surface area is 234 Å². The van der Waals surface area contributed by atoms with Crippen molar-refractivity contribution >= 4 is 27.8 Å². The second-order valence-corrected chi connectivity index (χ2v) is 12.5. The van der Waals surface area contributed by atoms with Crippen LogP contribution in [0.15, 0.2) is 64.4 Å². The van der Waals surface area contributed by atoms with Crippen molar-refractivity contribution in [3.05, 3.63) is 82.7 Å². The maximum absolute atomic E-state index is 13.8. The van der Waals surface area contributed by atoms with Crippen molar-refractivity contribution in [3.8, 4) is 0 Å². The number of rotatable bonds is 7. The highest BCUT2D eigenvalue weighted by atomic mass is 32.2. The fourth-order valence-electron chi connectivity index (χ4n) is 4.91. The van der Waals surface area contributed by atoms with E-state index in [1.54, 1.807) is 81.7 Å². The number of hydrogen-bond donors (Lipinski definition) is 0. The van der Waals surface area contributed by atoms with Crippen molar-refractivity contribution in [3.63, 3.8) is 0 Å². The average Bonchev–Trinajstić information content (AvgIpc) is 3.15. The van der Waals surface area contributed by atoms with E-state index in [9.17, 15) is 22.8 Å². The molecule has 0 spiro atoms. The molecule has 2 heterocycles. The van der Waals surface area contributed by atoms with E-state index in [-0.39, 0.29) is 41.5 Å². The lowest BCUT2D eigenvalue weighted by Crippen LogP contribution is -2.45. The summed E-state index contributed by atoms with van der Waals surface area (Å²) in [6.45, 7) is 8.86. The number of benzene rings is 2. The van der Waals surface area contributed by atoms with Crippen LogP contribution < -0.4 is 0 Å². The Balaban J connectivity index is 1.83. The number of ether oxygens (including phenoxy) is 2. The first-order valence-electron chi connectivity index (χ1n) is 13.1. The summed E-state index contributed by atoms with van der Waals surface area (Å²) in [6, 6.07) is 14.8. The maximum atomic E-state index is 13.8. The Morgan fingerprint density at radius 2 is 1.65 bits per heavy atom. The summed E-state index contributed by atoms with van der Waals surface area (Å²) in [6.07, 6.45) is -0.345. The first-order valence-corrected chi connectivity index (χ1v) is 14.6. The predicted molar refractivity (Wildman–Crippen MR) is 148 cm³/mol. The van der Waals surface area contributed by atoms with Crippen molar-refractivity contribution < 1.29 is 32.3 Å². The number of hydrogen-bond acceptors (Lipinski definition) is 7. The number of imide groups is 1. The fraction of sp³-hybridized carbons (Fsp3) is 0.367. The molecule has 1 aromatic heterocycles. The zero-order chi connectivity index (χ0) is 29.2. The van der Waals surface area contributed by atoms with Gasteiger partial charge in [-0.3, -0.25) is 9.59 Å². The van der Waals surface area contributed by atoms with E-state index in [1.807, 2.05) is 0 Å². The third-order valence-corrected chi connectivity index (χ3v) is 8.55. The Bertz CT molecular complexity index is 1550. The molecule has 0 N–H and O–H groups in total. The van der Waals surface area contributed by atoms with E-state index in [0.29, 0.717) is 28.9 Å². The molecule has 0 bridgehead atoms. The average molecular weight is 567 g/mol. The summed E-state index contributed by atoms with van der Waals surface area (Å²) in [5.41, 5.74) is 1.77. The monoisotopic (exact) mass is 566 g/mol. The second-order valence-electron chi connectivity index (χ2n) is 10.6. The van der Waals surface area contributed by atoms with Crippen LogP contribution in [0.2, 0.25) is 0 Å². The smallest absolute Gasteiger partial charge is 0.417 e. The van der Waals surface area contributed by atoms with Crippen LogP contribution in [-0.2, 0) is 43.5 Å². The molecular weight excluding hydrogens is 532 g/mol. The van der Waals surface area contributed by atoms with E-state index < -0.39 is 33.4 Å². The molecule has 1 aliphatic heterocycles. The van der Waals surface area contributed by atoms with Gasteiger partial charge in [0.2, 0.25) is 9.84 Å². The van der Waals surface area contributed by atoms with E-state index in [2.05, 4.69) is 0 Å². The summed E-state index contributed by atoms with van der Waals surface area (Å²) in [4.78, 5) is 40.6. The maximum Gasteiger partial charge on any atom is 0.417 e. The van der Waals surface area contributed by atoms with E-state index in [0.717, 1.165) is 4.90 Å². The second kappa shape index (κ2) is 11.3. The van der Waals surface area contributed by atoms with Crippen molar-refractivity contribution in [1.29, 1.82) is 0 Å². The topological polar surface area (TPSA) is 112 Å². The van der Waals surface area contributed by atoms with Gasteiger partial charge in [0.1, 0.15) is 12.1 Å². The number of fused-ring (bicyclic) bond motifs is 1. The van der Waals surface area contributed by atoms with Crippen LogP contribution in [-0.4, -0.2) is 54.6 Å². The fourth-order valence-corrected chi connectivity index (χ4v) is 6.42. The summed E-state index contributed by atoms with van der Waals surface area (Å²) in [5, 5.41) is 0. The van der Waals surface area contributed by atoms with Gasteiger partial charge in [-0.05, 0) is 63.9 Å². The number of amides is 2. The SMILES string of the molecule is CCOC(=O)Cn1c(C)c(Cc2ccccc2S(=O)(=O)c2ccccc2)c2c1CCN(C(=O)OC(C)(C)C)C2=O. The van der Waals surface area contributed by atoms with Gasteiger partial charge in [-0.2, -0.15) is 0 Å². The van der Waals surface area contributed by atoms with Gasteiger partial charge in [0.25, 0.3) is 5.91 Å². The van der Waals surface area contributed by atoms with Gasteiger partial charge in [0.15, 0.2) is 0 Å². The molecule has 1 aliphatic rings. The predicted octanol–water partition coefficient (Wildman–Crippen LogP) is 4.72. The molecule has 0 unspecified atom stereocenters. The minimum atomic E-state index is -3.85. The minimum Gasteiger partial charge on any atom is -0.465 e. The summed E-state index contributed by atoms with van der Waals surface area (Å²) in [5.74, 6) is -0.997. The molecule has 212 valence electrons. The van der Waals surface area contributed by atoms with E-state index >= 15 is 0 Å². The molecule has 2 amide bonds. The van der Waals surface area contributed by atoms with Crippen molar-refractivity contribution in [1.82, 2.24) is 9.47 Å². The molecule has 10 heteroatoms. The molecule has 2 aromatic carbocycles. The minimum absolute atomic E-state index is 0.0887. The number of aromatic nitrogens is 1. The molecular formula is C30H34N2O7S. The lowest BCUT2D eigenvalue weighted by atomic mass is 9.97. The van der Waals surface area contributed by atoms with Gasteiger partial charge in [-0.1, -0.05) is 36.4 Å². The molecule has 0 atom stereocenters. The summed E-state index contributed by atoms with van der Waals surface area (Å²) < 4.78 is 39.5. The Morgan fingerprint density at radius 3 is 2.30 bits per heavy atom. The molecule has 0 radical (unpaired) electrons.